The summed E-state index contributed by atoms with van der Waals surface area (Å²) in [5, 5.41) is 13.9. The molecule has 1 fully saturated rings. The summed E-state index contributed by atoms with van der Waals surface area (Å²) >= 11 is 0. The van der Waals surface area contributed by atoms with E-state index in [9.17, 15) is 0 Å². The number of rotatable bonds is 4. The van der Waals surface area contributed by atoms with E-state index in [0.29, 0.717) is 11.6 Å². The molecule has 136 valence electrons. The van der Waals surface area contributed by atoms with E-state index in [-0.39, 0.29) is 6.61 Å². The van der Waals surface area contributed by atoms with Crippen molar-refractivity contribution in [2.75, 3.05) is 44.2 Å². The van der Waals surface area contributed by atoms with Gasteiger partial charge in [0.2, 0.25) is 0 Å². The van der Waals surface area contributed by atoms with Crippen LogP contribution in [-0.2, 0) is 0 Å². The van der Waals surface area contributed by atoms with Crippen molar-refractivity contribution < 1.29 is 5.11 Å². The van der Waals surface area contributed by atoms with Crippen molar-refractivity contribution in [1.82, 2.24) is 24.5 Å². The Balaban J connectivity index is 1.69. The molecule has 0 bridgehead atoms. The third-order valence-corrected chi connectivity index (χ3v) is 4.81. The molecular formula is C19H24N6O. The molecule has 0 aliphatic carbocycles. The lowest BCUT2D eigenvalue weighted by molar-refractivity contribution is 0.188. The number of piperazine rings is 1. The van der Waals surface area contributed by atoms with Crippen LogP contribution in [0.15, 0.2) is 30.3 Å². The molecule has 1 N–H and O–H groups in total. The molecule has 0 radical (unpaired) electrons. The second kappa shape index (κ2) is 7.01. The molecule has 26 heavy (non-hydrogen) atoms. The van der Waals surface area contributed by atoms with Crippen LogP contribution in [0.25, 0.3) is 17.2 Å². The number of aromatic nitrogens is 4. The summed E-state index contributed by atoms with van der Waals surface area (Å²) in [6.07, 6.45) is 0. The van der Waals surface area contributed by atoms with Crippen LogP contribution in [0.2, 0.25) is 0 Å². The number of hydrogen-bond acceptors (Lipinski definition) is 6. The van der Waals surface area contributed by atoms with Gasteiger partial charge in [-0.15, -0.1) is 5.10 Å². The quantitative estimate of drug-likeness (QED) is 0.768. The van der Waals surface area contributed by atoms with E-state index < -0.39 is 0 Å². The lowest BCUT2D eigenvalue weighted by Crippen LogP contribution is -2.47. The highest BCUT2D eigenvalue weighted by atomic mass is 16.3. The van der Waals surface area contributed by atoms with Gasteiger partial charge in [0.1, 0.15) is 5.82 Å². The molecule has 1 aliphatic heterocycles. The molecule has 1 aromatic carbocycles. The summed E-state index contributed by atoms with van der Waals surface area (Å²) < 4.78 is 1.85. The third kappa shape index (κ3) is 3.27. The fraction of sp³-hybridized carbons (Fsp3) is 0.421. The van der Waals surface area contributed by atoms with Crippen LogP contribution in [0, 0.1) is 13.8 Å². The molecule has 0 spiro atoms. The number of aliphatic hydroxyl groups is 1. The Labute approximate surface area is 152 Å². The van der Waals surface area contributed by atoms with Crippen LogP contribution in [0.3, 0.4) is 0 Å². The highest BCUT2D eigenvalue weighted by Crippen LogP contribution is 2.22. The zero-order valence-electron chi connectivity index (χ0n) is 15.3. The van der Waals surface area contributed by atoms with E-state index in [2.05, 4.69) is 44.9 Å². The minimum Gasteiger partial charge on any atom is -0.395 e. The molecule has 0 atom stereocenters. The second-order valence-corrected chi connectivity index (χ2v) is 6.82. The Morgan fingerprint density at radius 1 is 1.04 bits per heavy atom. The van der Waals surface area contributed by atoms with Crippen molar-refractivity contribution in [2.45, 2.75) is 13.8 Å². The van der Waals surface area contributed by atoms with E-state index in [1.807, 2.05) is 23.6 Å². The van der Waals surface area contributed by atoms with Crippen molar-refractivity contribution >= 4 is 11.6 Å². The zero-order chi connectivity index (χ0) is 18.1. The molecule has 1 saturated heterocycles. The van der Waals surface area contributed by atoms with E-state index in [1.165, 1.54) is 5.56 Å². The first-order valence-corrected chi connectivity index (χ1v) is 9.03. The number of β-amino-alcohol motifs (C(OH)–C–C–N with tert-alkyl or cyclic N) is 1. The van der Waals surface area contributed by atoms with Gasteiger partial charge in [-0.2, -0.15) is 9.50 Å². The summed E-state index contributed by atoms with van der Waals surface area (Å²) in [5.74, 6) is 2.36. The molecule has 1 aliphatic rings. The minimum absolute atomic E-state index is 0.210. The topological polar surface area (TPSA) is 69.8 Å². The molecule has 3 aromatic rings. The van der Waals surface area contributed by atoms with Gasteiger partial charge in [0.05, 0.1) is 6.61 Å². The maximum Gasteiger partial charge on any atom is 0.254 e. The number of nitrogens with zero attached hydrogens (tertiary/aromatic N) is 6. The molecular weight excluding hydrogens is 328 g/mol. The van der Waals surface area contributed by atoms with Gasteiger partial charge in [-0.25, -0.2) is 4.98 Å². The SMILES string of the molecule is Cc1cccc(-c2nc3nc(C)cc(N4CCN(CCO)CC4)n3n2)c1. The number of fused-ring (bicyclic) bond motifs is 1. The van der Waals surface area contributed by atoms with Gasteiger partial charge in [0.15, 0.2) is 5.82 Å². The summed E-state index contributed by atoms with van der Waals surface area (Å²) in [6, 6.07) is 10.3. The standard InChI is InChI=1S/C19H24N6O/c1-14-4-3-5-16(12-14)18-21-19-20-15(2)13-17(25(19)22-18)24-8-6-23(7-9-24)10-11-26/h3-5,12-13,26H,6-11H2,1-2H3. The monoisotopic (exact) mass is 352 g/mol. The fourth-order valence-corrected chi connectivity index (χ4v) is 3.44. The van der Waals surface area contributed by atoms with Gasteiger partial charge in [0.25, 0.3) is 5.78 Å². The fourth-order valence-electron chi connectivity index (χ4n) is 3.44. The van der Waals surface area contributed by atoms with Crippen LogP contribution in [0.1, 0.15) is 11.3 Å². The minimum atomic E-state index is 0.210. The van der Waals surface area contributed by atoms with E-state index in [0.717, 1.165) is 49.8 Å². The number of benzene rings is 1. The van der Waals surface area contributed by atoms with Crippen molar-refractivity contribution in [2.24, 2.45) is 0 Å². The second-order valence-electron chi connectivity index (χ2n) is 6.82. The van der Waals surface area contributed by atoms with Crippen molar-refractivity contribution in [1.29, 1.82) is 0 Å². The molecule has 7 heteroatoms. The predicted octanol–water partition coefficient (Wildman–Crippen LogP) is 1.52. The molecule has 4 rings (SSSR count). The van der Waals surface area contributed by atoms with E-state index >= 15 is 0 Å². The van der Waals surface area contributed by atoms with Crippen LogP contribution >= 0.6 is 0 Å². The van der Waals surface area contributed by atoms with E-state index in [1.54, 1.807) is 0 Å². The van der Waals surface area contributed by atoms with Crippen molar-refractivity contribution in [3.8, 4) is 11.4 Å². The van der Waals surface area contributed by atoms with Gasteiger partial charge in [0, 0.05) is 50.0 Å². The molecule has 3 heterocycles. The average molecular weight is 352 g/mol. The lowest BCUT2D eigenvalue weighted by Gasteiger charge is -2.35. The molecule has 0 saturated carbocycles. The Kier molecular flexibility index (Phi) is 4.57. The molecule has 0 amide bonds. The number of hydrogen-bond donors (Lipinski definition) is 1. The maximum atomic E-state index is 9.12. The first-order chi connectivity index (χ1) is 12.6. The Bertz CT molecular complexity index is 914. The van der Waals surface area contributed by atoms with Gasteiger partial charge in [-0.1, -0.05) is 23.8 Å². The number of aryl methyl sites for hydroxylation is 2. The Morgan fingerprint density at radius 3 is 2.58 bits per heavy atom. The zero-order valence-corrected chi connectivity index (χ0v) is 15.3. The summed E-state index contributed by atoms with van der Waals surface area (Å²) in [6.45, 7) is 8.68. The molecule has 7 nitrogen and oxygen atoms in total. The van der Waals surface area contributed by atoms with Crippen LogP contribution in [-0.4, -0.2) is 68.9 Å². The summed E-state index contributed by atoms with van der Waals surface area (Å²) in [4.78, 5) is 13.8. The predicted molar refractivity (Wildman–Crippen MR) is 101 cm³/mol. The Hall–Kier alpha value is -2.51. The van der Waals surface area contributed by atoms with Crippen LogP contribution in [0.4, 0.5) is 5.82 Å². The average Bonchev–Trinajstić information content (AvgIpc) is 3.06. The Morgan fingerprint density at radius 2 is 1.85 bits per heavy atom. The van der Waals surface area contributed by atoms with Gasteiger partial charge < -0.3 is 10.0 Å². The first kappa shape index (κ1) is 16.9. The summed E-state index contributed by atoms with van der Waals surface area (Å²) in [5.41, 5.74) is 3.13. The van der Waals surface area contributed by atoms with Gasteiger partial charge in [-0.3, -0.25) is 4.90 Å². The highest BCUT2D eigenvalue weighted by molar-refractivity contribution is 5.59. The molecule has 2 aromatic heterocycles. The maximum absolute atomic E-state index is 9.12. The molecule has 0 unspecified atom stereocenters. The van der Waals surface area contributed by atoms with Crippen molar-refractivity contribution in [3.05, 3.63) is 41.6 Å². The number of anilines is 1. The first-order valence-electron chi connectivity index (χ1n) is 9.03. The lowest BCUT2D eigenvalue weighted by atomic mass is 10.1. The third-order valence-electron chi connectivity index (χ3n) is 4.81. The smallest absolute Gasteiger partial charge is 0.254 e. The van der Waals surface area contributed by atoms with Gasteiger partial charge >= 0.3 is 0 Å². The normalized spacial score (nSPS) is 15.7. The highest BCUT2D eigenvalue weighted by Gasteiger charge is 2.21. The van der Waals surface area contributed by atoms with Crippen molar-refractivity contribution in [3.63, 3.8) is 0 Å². The summed E-state index contributed by atoms with van der Waals surface area (Å²) in [7, 11) is 0. The number of aliphatic hydroxyl groups excluding tert-OH is 1. The van der Waals surface area contributed by atoms with E-state index in [4.69, 9.17) is 10.2 Å². The van der Waals surface area contributed by atoms with Crippen LogP contribution in [0.5, 0.6) is 0 Å². The van der Waals surface area contributed by atoms with Crippen LogP contribution < -0.4 is 4.90 Å². The van der Waals surface area contributed by atoms with Gasteiger partial charge in [-0.05, 0) is 19.9 Å². The largest absolute Gasteiger partial charge is 0.395 e.